The van der Waals surface area contributed by atoms with Crippen LogP contribution in [-0.2, 0) is 0 Å². The topological polar surface area (TPSA) is 103 Å². The first kappa shape index (κ1) is 20.2. The molecule has 0 aromatic carbocycles. The number of nitrogens with zero attached hydrogens (tertiary/aromatic N) is 5. The minimum atomic E-state index is -0.731. The zero-order chi connectivity index (χ0) is 21.2. The van der Waals surface area contributed by atoms with Crippen molar-refractivity contribution in [3.63, 3.8) is 0 Å². The van der Waals surface area contributed by atoms with E-state index in [0.717, 1.165) is 61.4 Å². The summed E-state index contributed by atoms with van der Waals surface area (Å²) in [6.07, 6.45) is 7.61. The van der Waals surface area contributed by atoms with Crippen LogP contribution in [-0.4, -0.2) is 57.9 Å². The van der Waals surface area contributed by atoms with Crippen molar-refractivity contribution < 1.29 is 5.11 Å². The normalized spacial score (nSPS) is 18.6. The molecule has 4 N–H and O–H groups in total. The van der Waals surface area contributed by atoms with E-state index in [4.69, 9.17) is 4.98 Å². The summed E-state index contributed by atoms with van der Waals surface area (Å²) in [4.78, 5) is 16.2. The second kappa shape index (κ2) is 8.78. The molecule has 1 saturated heterocycles. The molecular formula is C22H30N8O. The van der Waals surface area contributed by atoms with Crippen LogP contribution in [0.5, 0.6) is 0 Å². The lowest BCUT2D eigenvalue weighted by atomic mass is 10.2. The molecule has 9 nitrogen and oxygen atoms in total. The van der Waals surface area contributed by atoms with Crippen LogP contribution < -0.4 is 20.9 Å². The summed E-state index contributed by atoms with van der Waals surface area (Å²) in [5.41, 5.74) is 2.82. The Kier molecular flexibility index (Phi) is 5.71. The third-order valence-electron chi connectivity index (χ3n) is 6.32. The molecule has 1 saturated carbocycles. The molecule has 0 amide bonds. The zero-order valence-corrected chi connectivity index (χ0v) is 17.9. The van der Waals surface area contributed by atoms with E-state index >= 15 is 0 Å². The van der Waals surface area contributed by atoms with Crippen LogP contribution in [0.3, 0.4) is 0 Å². The Bertz CT molecular complexity index is 1020. The minimum absolute atomic E-state index is 0.356. The SMILES string of the molecule is CNC(O)c1cc2cnc(Nc3ccc(N4CCNCC4)cn3)nc2n1C1CCCC1. The van der Waals surface area contributed by atoms with E-state index in [-0.39, 0.29) is 0 Å². The van der Waals surface area contributed by atoms with Gasteiger partial charge in [-0.3, -0.25) is 5.32 Å². The van der Waals surface area contributed by atoms with Gasteiger partial charge in [-0.05, 0) is 38.1 Å². The second-order valence-corrected chi connectivity index (χ2v) is 8.30. The number of hydrogen-bond acceptors (Lipinski definition) is 8. The maximum Gasteiger partial charge on any atom is 0.230 e. The summed E-state index contributed by atoms with van der Waals surface area (Å²) in [7, 11) is 1.76. The smallest absolute Gasteiger partial charge is 0.230 e. The van der Waals surface area contributed by atoms with Gasteiger partial charge in [0.15, 0.2) is 0 Å². The summed E-state index contributed by atoms with van der Waals surface area (Å²) in [5, 5.41) is 21.0. The number of rotatable bonds is 6. The molecule has 0 bridgehead atoms. The molecule has 1 unspecified atom stereocenters. The Morgan fingerprint density at radius 1 is 1.13 bits per heavy atom. The molecule has 2 aliphatic rings. The van der Waals surface area contributed by atoms with Crippen molar-refractivity contribution in [2.75, 3.05) is 43.4 Å². The molecule has 0 radical (unpaired) electrons. The van der Waals surface area contributed by atoms with Crippen molar-refractivity contribution in [2.45, 2.75) is 38.0 Å². The van der Waals surface area contributed by atoms with Crippen molar-refractivity contribution >= 4 is 28.5 Å². The molecule has 9 heteroatoms. The summed E-state index contributed by atoms with van der Waals surface area (Å²) >= 11 is 0. The van der Waals surface area contributed by atoms with E-state index in [1.807, 2.05) is 24.5 Å². The average Bonchev–Trinajstić information content (AvgIpc) is 3.47. The molecule has 164 valence electrons. The molecule has 0 spiro atoms. The monoisotopic (exact) mass is 422 g/mol. The number of piperazine rings is 1. The Morgan fingerprint density at radius 2 is 1.94 bits per heavy atom. The van der Waals surface area contributed by atoms with Crippen LogP contribution >= 0.6 is 0 Å². The first-order chi connectivity index (χ1) is 15.2. The van der Waals surface area contributed by atoms with Gasteiger partial charge in [0.2, 0.25) is 5.95 Å². The fraction of sp³-hybridized carbons (Fsp3) is 0.500. The van der Waals surface area contributed by atoms with Crippen molar-refractivity contribution in [3.05, 3.63) is 36.3 Å². The number of aliphatic hydroxyl groups excluding tert-OH is 1. The highest BCUT2D eigenvalue weighted by Gasteiger charge is 2.25. The van der Waals surface area contributed by atoms with Gasteiger partial charge >= 0.3 is 0 Å². The number of pyridine rings is 1. The van der Waals surface area contributed by atoms with Crippen molar-refractivity contribution in [1.82, 2.24) is 30.2 Å². The number of anilines is 3. The lowest BCUT2D eigenvalue weighted by Gasteiger charge is -2.29. The molecule has 2 fully saturated rings. The van der Waals surface area contributed by atoms with Gasteiger partial charge in [-0.15, -0.1) is 0 Å². The average molecular weight is 423 g/mol. The van der Waals surface area contributed by atoms with E-state index < -0.39 is 6.23 Å². The predicted octanol–water partition coefficient (Wildman–Crippen LogP) is 2.30. The number of hydrogen-bond donors (Lipinski definition) is 4. The second-order valence-electron chi connectivity index (χ2n) is 8.30. The quantitative estimate of drug-likeness (QED) is 0.449. The number of aromatic nitrogens is 4. The maximum atomic E-state index is 10.5. The van der Waals surface area contributed by atoms with Gasteiger partial charge in [0.1, 0.15) is 17.7 Å². The van der Waals surface area contributed by atoms with Gasteiger partial charge in [-0.25, -0.2) is 9.97 Å². The van der Waals surface area contributed by atoms with Gasteiger partial charge in [0, 0.05) is 43.8 Å². The number of aliphatic hydroxyl groups is 1. The summed E-state index contributed by atoms with van der Waals surface area (Å²) < 4.78 is 2.19. The van der Waals surface area contributed by atoms with E-state index in [0.29, 0.717) is 17.8 Å². The lowest BCUT2D eigenvalue weighted by molar-refractivity contribution is 0.138. The Morgan fingerprint density at radius 3 is 2.65 bits per heavy atom. The third-order valence-corrected chi connectivity index (χ3v) is 6.32. The van der Waals surface area contributed by atoms with E-state index in [9.17, 15) is 5.11 Å². The standard InChI is InChI=1S/C22H30N8O/c1-23-21(31)18-12-15-13-26-22(28-20(15)30(18)16-4-2-3-5-16)27-19-7-6-17(14-25-19)29-10-8-24-9-11-29/h6-7,12-14,16,21,23-24,31H,2-5,8-11H2,1H3,(H,25,26,27,28). The molecule has 1 aliphatic carbocycles. The fourth-order valence-corrected chi connectivity index (χ4v) is 4.68. The van der Waals surface area contributed by atoms with Gasteiger partial charge in [0.25, 0.3) is 0 Å². The highest BCUT2D eigenvalue weighted by atomic mass is 16.3. The lowest BCUT2D eigenvalue weighted by Crippen LogP contribution is -2.43. The molecule has 1 aliphatic heterocycles. The zero-order valence-electron chi connectivity index (χ0n) is 17.9. The van der Waals surface area contributed by atoms with Gasteiger partial charge in [-0.2, -0.15) is 4.98 Å². The van der Waals surface area contributed by atoms with E-state index in [1.54, 1.807) is 7.05 Å². The van der Waals surface area contributed by atoms with Crippen molar-refractivity contribution in [1.29, 1.82) is 0 Å². The molecular weight excluding hydrogens is 392 g/mol. The van der Waals surface area contributed by atoms with Gasteiger partial charge in [0.05, 0.1) is 17.6 Å². The summed E-state index contributed by atoms with van der Waals surface area (Å²) in [5.74, 6) is 1.23. The van der Waals surface area contributed by atoms with Crippen molar-refractivity contribution in [3.8, 4) is 0 Å². The van der Waals surface area contributed by atoms with Crippen LogP contribution in [0.2, 0.25) is 0 Å². The largest absolute Gasteiger partial charge is 0.373 e. The van der Waals surface area contributed by atoms with Crippen LogP contribution in [0.4, 0.5) is 17.5 Å². The molecule has 31 heavy (non-hydrogen) atoms. The predicted molar refractivity (Wildman–Crippen MR) is 122 cm³/mol. The number of fused-ring (bicyclic) bond motifs is 1. The molecule has 4 heterocycles. The Labute approximate surface area is 181 Å². The molecule has 1 atom stereocenters. The number of nitrogens with one attached hydrogen (secondary N) is 3. The van der Waals surface area contributed by atoms with Crippen molar-refractivity contribution in [2.24, 2.45) is 0 Å². The Hall–Kier alpha value is -2.75. The third kappa shape index (κ3) is 4.08. The highest BCUT2D eigenvalue weighted by molar-refractivity contribution is 5.78. The Balaban J connectivity index is 1.42. The fourth-order valence-electron chi connectivity index (χ4n) is 4.68. The minimum Gasteiger partial charge on any atom is -0.373 e. The van der Waals surface area contributed by atoms with Crippen LogP contribution in [0, 0.1) is 0 Å². The van der Waals surface area contributed by atoms with Gasteiger partial charge < -0.3 is 25.2 Å². The van der Waals surface area contributed by atoms with E-state index in [1.165, 1.54) is 12.8 Å². The molecule has 5 rings (SSSR count). The van der Waals surface area contributed by atoms with E-state index in [2.05, 4.69) is 41.5 Å². The summed E-state index contributed by atoms with van der Waals surface area (Å²) in [6, 6.07) is 6.40. The first-order valence-electron chi connectivity index (χ1n) is 11.1. The van der Waals surface area contributed by atoms with Crippen LogP contribution in [0.1, 0.15) is 43.6 Å². The maximum absolute atomic E-state index is 10.5. The summed E-state index contributed by atoms with van der Waals surface area (Å²) in [6.45, 7) is 3.98. The first-order valence-corrected chi connectivity index (χ1v) is 11.1. The molecule has 3 aromatic rings. The van der Waals surface area contributed by atoms with Gasteiger partial charge in [-0.1, -0.05) is 12.8 Å². The van der Waals surface area contributed by atoms with Crippen LogP contribution in [0.15, 0.2) is 30.6 Å². The molecule has 3 aromatic heterocycles. The highest BCUT2D eigenvalue weighted by Crippen LogP contribution is 2.36. The van der Waals surface area contributed by atoms with Crippen LogP contribution in [0.25, 0.3) is 11.0 Å².